The maximum Gasteiger partial charge on any atom is 0.305 e. The first-order chi connectivity index (χ1) is 30.9. The van der Waals surface area contributed by atoms with Crippen molar-refractivity contribution >= 4 is 11.9 Å². The highest BCUT2D eigenvalue weighted by Crippen LogP contribution is 2.16. The van der Waals surface area contributed by atoms with Gasteiger partial charge in [-0.2, -0.15) is 0 Å². The number of carbonyl (C=O) groups excluding carboxylic acids is 2. The largest absolute Gasteiger partial charge is 0.466 e. The molecule has 376 valence electrons. The van der Waals surface area contributed by atoms with Crippen molar-refractivity contribution in [3.8, 4) is 0 Å². The van der Waals surface area contributed by atoms with Gasteiger partial charge in [0.05, 0.1) is 19.3 Å². The van der Waals surface area contributed by atoms with E-state index in [2.05, 4.69) is 37.6 Å². The van der Waals surface area contributed by atoms with Crippen LogP contribution in [0.15, 0.2) is 0 Å². The number of esters is 2. The Morgan fingerprint density at radius 1 is 0.365 bits per heavy atom. The van der Waals surface area contributed by atoms with Gasteiger partial charge in [0.15, 0.2) is 0 Å². The van der Waals surface area contributed by atoms with Gasteiger partial charge in [-0.25, -0.2) is 0 Å². The summed E-state index contributed by atoms with van der Waals surface area (Å²) in [5.41, 5.74) is 0. The number of likely N-dealkylation sites (N-methyl/N-ethyl adjacent to an activating group) is 1. The molecule has 1 unspecified atom stereocenters. The molecular formula is C56H112N2O5. The summed E-state index contributed by atoms with van der Waals surface area (Å²) in [4.78, 5) is 29.7. The van der Waals surface area contributed by atoms with Gasteiger partial charge in [0.2, 0.25) is 0 Å². The van der Waals surface area contributed by atoms with Crippen molar-refractivity contribution in [1.29, 1.82) is 0 Å². The number of rotatable bonds is 53. The van der Waals surface area contributed by atoms with Crippen molar-refractivity contribution in [3.05, 3.63) is 0 Å². The second-order valence-electron chi connectivity index (χ2n) is 19.7. The second kappa shape index (κ2) is 51.8. The molecule has 0 saturated heterocycles. The summed E-state index contributed by atoms with van der Waals surface area (Å²) in [7, 11) is 2.12. The third kappa shape index (κ3) is 50.1. The minimum absolute atomic E-state index is 0.117. The zero-order chi connectivity index (χ0) is 45.9. The molecule has 1 atom stereocenters. The molecule has 0 rings (SSSR count). The van der Waals surface area contributed by atoms with Crippen LogP contribution >= 0.6 is 0 Å². The first kappa shape index (κ1) is 61.8. The van der Waals surface area contributed by atoms with E-state index in [4.69, 9.17) is 9.47 Å². The van der Waals surface area contributed by atoms with Gasteiger partial charge in [-0.05, 0) is 58.8 Å². The van der Waals surface area contributed by atoms with Crippen molar-refractivity contribution in [2.24, 2.45) is 0 Å². The molecule has 0 heterocycles. The molecule has 0 bridgehead atoms. The summed E-state index contributed by atoms with van der Waals surface area (Å²) >= 11 is 0. The topological polar surface area (TPSA) is 79.3 Å². The Bertz CT molecular complexity index is 868. The molecule has 0 aliphatic rings. The fourth-order valence-electron chi connectivity index (χ4n) is 8.97. The van der Waals surface area contributed by atoms with E-state index >= 15 is 0 Å². The average molecular weight is 894 g/mol. The summed E-state index contributed by atoms with van der Waals surface area (Å²) in [5.74, 6) is -0.235. The van der Waals surface area contributed by atoms with Crippen molar-refractivity contribution in [2.45, 2.75) is 297 Å². The molecule has 1 N–H and O–H groups in total. The van der Waals surface area contributed by atoms with Gasteiger partial charge in [0.25, 0.3) is 0 Å². The molecule has 63 heavy (non-hydrogen) atoms. The van der Waals surface area contributed by atoms with Crippen molar-refractivity contribution in [2.75, 3.05) is 53.0 Å². The van der Waals surface area contributed by atoms with Gasteiger partial charge in [-0.3, -0.25) is 9.59 Å². The first-order valence-corrected chi connectivity index (χ1v) is 28.3. The van der Waals surface area contributed by atoms with Crippen LogP contribution in [-0.4, -0.2) is 85.9 Å². The molecule has 0 aromatic heterocycles. The fraction of sp³-hybridized carbons (Fsp3) is 0.964. The lowest BCUT2D eigenvalue weighted by molar-refractivity contribution is -0.144. The van der Waals surface area contributed by atoms with E-state index < -0.39 is 6.10 Å². The third-order valence-corrected chi connectivity index (χ3v) is 13.1. The van der Waals surface area contributed by atoms with E-state index in [-0.39, 0.29) is 11.9 Å². The number of carbonyl (C=O) groups is 2. The van der Waals surface area contributed by atoms with E-state index in [0.717, 1.165) is 32.2 Å². The standard InChI is InChI=1S/C56H112N2O5/c1-5-8-11-14-17-20-23-26-29-32-35-38-41-50-62-55(60)45-43-48-58(53-54(59)52-57(4)47-40-37-34-31-28-25-22-19-16-13-10-7-3)49-44-46-56(61)63-51-42-39-36-33-30-27-24-21-18-15-12-9-6-2/h54,59H,5-53H2,1-4H3. The van der Waals surface area contributed by atoms with Crippen LogP contribution in [0, 0.1) is 0 Å². The Hall–Kier alpha value is -1.18. The van der Waals surface area contributed by atoms with Crippen LogP contribution in [0.1, 0.15) is 290 Å². The molecule has 7 heteroatoms. The number of hydrogen-bond donors (Lipinski definition) is 1. The highest BCUT2D eigenvalue weighted by Gasteiger charge is 2.16. The van der Waals surface area contributed by atoms with Crippen LogP contribution in [0.2, 0.25) is 0 Å². The van der Waals surface area contributed by atoms with Crippen molar-refractivity contribution in [3.63, 3.8) is 0 Å². The molecule has 0 radical (unpaired) electrons. The maximum atomic E-state index is 12.6. The molecule has 0 aromatic carbocycles. The lowest BCUT2D eigenvalue weighted by Crippen LogP contribution is -2.40. The molecule has 0 saturated carbocycles. The number of aliphatic hydroxyl groups excluding tert-OH is 1. The van der Waals surface area contributed by atoms with Crippen molar-refractivity contribution in [1.82, 2.24) is 9.80 Å². The summed E-state index contributed by atoms with van der Waals surface area (Å²) in [6.45, 7) is 11.5. The number of unbranched alkanes of at least 4 members (excludes halogenated alkanes) is 35. The zero-order valence-corrected chi connectivity index (χ0v) is 43.2. The first-order valence-electron chi connectivity index (χ1n) is 28.3. The minimum atomic E-state index is -0.475. The quantitative estimate of drug-likeness (QED) is 0.0481. The van der Waals surface area contributed by atoms with Gasteiger partial charge < -0.3 is 24.4 Å². The summed E-state index contributed by atoms with van der Waals surface area (Å²) in [5, 5.41) is 11.1. The maximum absolute atomic E-state index is 12.6. The van der Waals surface area contributed by atoms with Gasteiger partial charge >= 0.3 is 11.9 Å². The lowest BCUT2D eigenvalue weighted by Gasteiger charge is -2.27. The predicted molar refractivity (Wildman–Crippen MR) is 273 cm³/mol. The Morgan fingerprint density at radius 3 is 0.937 bits per heavy atom. The molecule has 0 aliphatic carbocycles. The summed E-state index contributed by atoms with van der Waals surface area (Å²) in [6.07, 6.45) is 51.8. The third-order valence-electron chi connectivity index (χ3n) is 13.1. The van der Waals surface area contributed by atoms with Crippen LogP contribution in [-0.2, 0) is 19.1 Å². The molecule has 0 spiro atoms. The monoisotopic (exact) mass is 893 g/mol. The fourth-order valence-corrected chi connectivity index (χ4v) is 8.97. The highest BCUT2D eigenvalue weighted by atomic mass is 16.5. The van der Waals surface area contributed by atoms with Gasteiger partial charge in [0.1, 0.15) is 0 Å². The minimum Gasteiger partial charge on any atom is -0.466 e. The number of aliphatic hydroxyl groups is 1. The Balaban J connectivity index is 4.38. The second-order valence-corrected chi connectivity index (χ2v) is 19.7. The van der Waals surface area contributed by atoms with Crippen LogP contribution < -0.4 is 0 Å². The molecule has 0 aliphatic heterocycles. The van der Waals surface area contributed by atoms with Crippen LogP contribution in [0.4, 0.5) is 0 Å². The molecule has 0 aromatic rings. The SMILES string of the molecule is CCCCCCCCCCCCCCCOC(=O)CCCN(CCCC(=O)OCCCCCCCCCCCCCCC)CC(O)CN(C)CCCCCCCCCCCCCC. The van der Waals surface area contributed by atoms with E-state index in [0.29, 0.717) is 65.1 Å². The van der Waals surface area contributed by atoms with Crippen LogP contribution in [0.5, 0.6) is 0 Å². The van der Waals surface area contributed by atoms with Crippen molar-refractivity contribution < 1.29 is 24.2 Å². The van der Waals surface area contributed by atoms with Gasteiger partial charge in [0, 0.05) is 25.9 Å². The normalized spacial score (nSPS) is 12.2. The average Bonchev–Trinajstić information content (AvgIpc) is 3.26. The smallest absolute Gasteiger partial charge is 0.305 e. The van der Waals surface area contributed by atoms with Crippen LogP contribution in [0.3, 0.4) is 0 Å². The lowest BCUT2D eigenvalue weighted by atomic mass is 10.0. The Morgan fingerprint density at radius 2 is 0.635 bits per heavy atom. The molecule has 0 fully saturated rings. The predicted octanol–water partition coefficient (Wildman–Crippen LogP) is 16.1. The van der Waals surface area contributed by atoms with E-state index in [9.17, 15) is 14.7 Å². The van der Waals surface area contributed by atoms with E-state index in [1.807, 2.05) is 0 Å². The summed E-state index contributed by atoms with van der Waals surface area (Å²) < 4.78 is 11.2. The Kier molecular flexibility index (Phi) is 50.8. The van der Waals surface area contributed by atoms with Crippen LogP contribution in [0.25, 0.3) is 0 Å². The molecular weight excluding hydrogens is 781 g/mol. The number of hydrogen-bond acceptors (Lipinski definition) is 7. The number of nitrogens with zero attached hydrogens (tertiary/aromatic N) is 2. The van der Waals surface area contributed by atoms with E-state index in [1.165, 1.54) is 218 Å². The zero-order valence-electron chi connectivity index (χ0n) is 43.2. The summed E-state index contributed by atoms with van der Waals surface area (Å²) in [6, 6.07) is 0. The Labute approximate surface area is 394 Å². The van der Waals surface area contributed by atoms with Gasteiger partial charge in [-0.1, -0.05) is 245 Å². The van der Waals surface area contributed by atoms with E-state index in [1.54, 1.807) is 0 Å². The molecule has 7 nitrogen and oxygen atoms in total. The highest BCUT2D eigenvalue weighted by molar-refractivity contribution is 5.69. The molecule has 0 amide bonds. The number of ether oxygens (including phenoxy) is 2. The van der Waals surface area contributed by atoms with Gasteiger partial charge in [-0.15, -0.1) is 0 Å².